The van der Waals surface area contributed by atoms with E-state index >= 15 is 0 Å². The topological polar surface area (TPSA) is 32.3 Å². The molecule has 1 aliphatic rings. The molecule has 2 rings (SSSR count). The van der Waals surface area contributed by atoms with E-state index in [4.69, 9.17) is 11.6 Å². The van der Waals surface area contributed by atoms with Gasteiger partial charge in [-0.1, -0.05) is 31.0 Å². The minimum Gasteiger partial charge on any atom is -0.506 e. The van der Waals surface area contributed by atoms with Gasteiger partial charge in [-0.25, -0.2) is 0 Å². The third-order valence-corrected chi connectivity index (χ3v) is 4.31. The second-order valence-corrected chi connectivity index (χ2v) is 5.50. The minimum absolute atomic E-state index is 0.152. The average molecular weight is 254 g/mol. The summed E-state index contributed by atoms with van der Waals surface area (Å²) in [5.41, 5.74) is 1.67. The highest BCUT2D eigenvalue weighted by atomic mass is 35.5. The standard InChI is InChI=1S/C14H20ClNO/c1-2-14(6-3-7-14)10-16-9-11-4-5-13(17)12(15)8-11/h4-5,8,16-17H,2-3,6-7,9-10H2,1H3. The zero-order valence-corrected chi connectivity index (χ0v) is 11.1. The molecule has 0 saturated heterocycles. The molecule has 0 amide bonds. The number of rotatable bonds is 5. The molecule has 0 aliphatic heterocycles. The SMILES string of the molecule is CCC1(CNCc2ccc(O)c(Cl)c2)CCC1. The molecule has 0 unspecified atom stereocenters. The molecule has 17 heavy (non-hydrogen) atoms. The average Bonchev–Trinajstić information content (AvgIpc) is 2.27. The van der Waals surface area contributed by atoms with Crippen LogP contribution < -0.4 is 5.32 Å². The van der Waals surface area contributed by atoms with Gasteiger partial charge in [0, 0.05) is 13.1 Å². The normalized spacial score (nSPS) is 17.8. The maximum Gasteiger partial charge on any atom is 0.134 e. The van der Waals surface area contributed by atoms with Crippen LogP contribution in [0.15, 0.2) is 18.2 Å². The largest absolute Gasteiger partial charge is 0.506 e. The van der Waals surface area contributed by atoms with Crippen molar-refractivity contribution in [3.8, 4) is 5.75 Å². The van der Waals surface area contributed by atoms with Gasteiger partial charge in [0.2, 0.25) is 0 Å². The Labute approximate surface area is 108 Å². The van der Waals surface area contributed by atoms with Crippen LogP contribution in [-0.4, -0.2) is 11.7 Å². The minimum atomic E-state index is 0.152. The van der Waals surface area contributed by atoms with E-state index in [0.29, 0.717) is 10.4 Å². The van der Waals surface area contributed by atoms with Crippen LogP contribution in [0.2, 0.25) is 5.02 Å². The molecule has 0 heterocycles. The van der Waals surface area contributed by atoms with Gasteiger partial charge in [-0.2, -0.15) is 0 Å². The lowest BCUT2D eigenvalue weighted by Crippen LogP contribution is -2.39. The van der Waals surface area contributed by atoms with Crippen molar-refractivity contribution in [3.05, 3.63) is 28.8 Å². The van der Waals surface area contributed by atoms with Crippen LogP contribution in [0.4, 0.5) is 0 Å². The van der Waals surface area contributed by atoms with E-state index in [0.717, 1.165) is 18.7 Å². The number of nitrogens with one attached hydrogen (secondary N) is 1. The van der Waals surface area contributed by atoms with Gasteiger partial charge in [-0.15, -0.1) is 0 Å². The molecular weight excluding hydrogens is 234 g/mol. The lowest BCUT2D eigenvalue weighted by molar-refractivity contribution is 0.124. The Morgan fingerprint density at radius 3 is 2.71 bits per heavy atom. The molecule has 3 heteroatoms. The summed E-state index contributed by atoms with van der Waals surface area (Å²) in [5, 5.41) is 13.3. The van der Waals surface area contributed by atoms with Gasteiger partial charge in [0.05, 0.1) is 5.02 Å². The fraction of sp³-hybridized carbons (Fsp3) is 0.571. The molecular formula is C14H20ClNO. The van der Waals surface area contributed by atoms with E-state index in [1.165, 1.54) is 25.7 Å². The highest BCUT2D eigenvalue weighted by Gasteiger charge is 2.34. The third-order valence-electron chi connectivity index (χ3n) is 4.01. The summed E-state index contributed by atoms with van der Waals surface area (Å²) in [4.78, 5) is 0. The van der Waals surface area contributed by atoms with Crippen molar-refractivity contribution in [1.29, 1.82) is 0 Å². The summed E-state index contributed by atoms with van der Waals surface area (Å²) in [7, 11) is 0. The van der Waals surface area contributed by atoms with Gasteiger partial charge in [0.25, 0.3) is 0 Å². The smallest absolute Gasteiger partial charge is 0.134 e. The Morgan fingerprint density at radius 2 is 2.18 bits per heavy atom. The predicted octanol–water partition coefficient (Wildman–Crippen LogP) is 3.72. The number of phenols is 1. The Balaban J connectivity index is 1.83. The first-order valence-electron chi connectivity index (χ1n) is 6.33. The molecule has 1 aromatic carbocycles. The molecule has 0 radical (unpaired) electrons. The Bertz CT molecular complexity index is 382. The molecule has 0 atom stereocenters. The monoisotopic (exact) mass is 253 g/mol. The Hall–Kier alpha value is -0.730. The molecule has 0 aromatic heterocycles. The van der Waals surface area contributed by atoms with E-state index in [1.54, 1.807) is 6.07 Å². The summed E-state index contributed by atoms with van der Waals surface area (Å²) in [6, 6.07) is 5.38. The summed E-state index contributed by atoms with van der Waals surface area (Å²) in [5.74, 6) is 0.152. The van der Waals surface area contributed by atoms with Crippen molar-refractivity contribution in [2.45, 2.75) is 39.2 Å². The van der Waals surface area contributed by atoms with Crippen molar-refractivity contribution in [2.24, 2.45) is 5.41 Å². The van der Waals surface area contributed by atoms with Crippen LogP contribution >= 0.6 is 11.6 Å². The second kappa shape index (κ2) is 5.28. The fourth-order valence-electron chi connectivity index (χ4n) is 2.46. The number of hydrogen-bond acceptors (Lipinski definition) is 2. The van der Waals surface area contributed by atoms with Crippen molar-refractivity contribution in [1.82, 2.24) is 5.32 Å². The van der Waals surface area contributed by atoms with Crippen molar-refractivity contribution >= 4 is 11.6 Å². The first-order chi connectivity index (χ1) is 8.15. The van der Waals surface area contributed by atoms with E-state index in [9.17, 15) is 5.11 Å². The Kier molecular flexibility index (Phi) is 3.95. The number of benzene rings is 1. The quantitative estimate of drug-likeness (QED) is 0.838. The molecule has 0 spiro atoms. The highest BCUT2D eigenvalue weighted by Crippen LogP contribution is 2.43. The van der Waals surface area contributed by atoms with Crippen molar-refractivity contribution in [2.75, 3.05) is 6.54 Å². The zero-order chi connectivity index (χ0) is 12.3. The van der Waals surface area contributed by atoms with Crippen LogP contribution in [-0.2, 0) is 6.54 Å². The van der Waals surface area contributed by atoms with Gasteiger partial charge < -0.3 is 10.4 Å². The van der Waals surface area contributed by atoms with Gasteiger partial charge in [0.1, 0.15) is 5.75 Å². The van der Waals surface area contributed by atoms with Crippen LogP contribution in [0.5, 0.6) is 5.75 Å². The number of halogens is 1. The number of hydrogen-bond donors (Lipinski definition) is 2. The summed E-state index contributed by atoms with van der Waals surface area (Å²) >= 11 is 5.87. The van der Waals surface area contributed by atoms with Crippen LogP contribution in [0.25, 0.3) is 0 Å². The summed E-state index contributed by atoms with van der Waals surface area (Å²) in [6.07, 6.45) is 5.34. The predicted molar refractivity (Wildman–Crippen MR) is 71.4 cm³/mol. The van der Waals surface area contributed by atoms with Crippen LogP contribution in [0, 0.1) is 5.41 Å². The maximum absolute atomic E-state index is 9.33. The second-order valence-electron chi connectivity index (χ2n) is 5.10. The van der Waals surface area contributed by atoms with Crippen molar-refractivity contribution < 1.29 is 5.11 Å². The maximum atomic E-state index is 9.33. The van der Waals surface area contributed by atoms with E-state index in [-0.39, 0.29) is 5.75 Å². The molecule has 0 bridgehead atoms. The lowest BCUT2D eigenvalue weighted by Gasteiger charge is -2.41. The first kappa shape index (κ1) is 12.7. The van der Waals surface area contributed by atoms with Gasteiger partial charge in [-0.05, 0) is 42.4 Å². The van der Waals surface area contributed by atoms with Gasteiger partial charge in [-0.3, -0.25) is 0 Å². The molecule has 1 aliphatic carbocycles. The summed E-state index contributed by atoms with van der Waals surface area (Å²) < 4.78 is 0. The molecule has 1 saturated carbocycles. The molecule has 2 N–H and O–H groups in total. The summed E-state index contributed by atoms with van der Waals surface area (Å²) in [6.45, 7) is 4.18. The molecule has 94 valence electrons. The molecule has 1 fully saturated rings. The zero-order valence-electron chi connectivity index (χ0n) is 10.3. The highest BCUT2D eigenvalue weighted by molar-refractivity contribution is 6.32. The van der Waals surface area contributed by atoms with E-state index < -0.39 is 0 Å². The first-order valence-corrected chi connectivity index (χ1v) is 6.71. The lowest BCUT2D eigenvalue weighted by atomic mass is 9.67. The van der Waals surface area contributed by atoms with E-state index in [1.807, 2.05) is 12.1 Å². The number of aromatic hydroxyl groups is 1. The van der Waals surface area contributed by atoms with E-state index in [2.05, 4.69) is 12.2 Å². The van der Waals surface area contributed by atoms with Crippen LogP contribution in [0.3, 0.4) is 0 Å². The van der Waals surface area contributed by atoms with Crippen LogP contribution in [0.1, 0.15) is 38.2 Å². The fourth-order valence-corrected chi connectivity index (χ4v) is 2.67. The van der Waals surface area contributed by atoms with Crippen molar-refractivity contribution in [3.63, 3.8) is 0 Å². The van der Waals surface area contributed by atoms with Gasteiger partial charge in [0.15, 0.2) is 0 Å². The molecule has 1 aromatic rings. The van der Waals surface area contributed by atoms with Gasteiger partial charge >= 0.3 is 0 Å². The third kappa shape index (κ3) is 2.93. The molecule has 2 nitrogen and oxygen atoms in total. The Morgan fingerprint density at radius 1 is 1.41 bits per heavy atom. The number of phenolic OH excluding ortho intramolecular Hbond substituents is 1.